The third kappa shape index (κ3) is 8.33. The minimum Gasteiger partial charge on any atom is -0.328 e. The predicted octanol–water partition coefficient (Wildman–Crippen LogP) is 0.965. The Morgan fingerprint density at radius 3 is 1.76 bits per heavy atom. The van der Waals surface area contributed by atoms with Gasteiger partial charge in [-0.25, -0.2) is 26.3 Å². The summed E-state index contributed by atoms with van der Waals surface area (Å²) in [6.07, 6.45) is -4.28. The van der Waals surface area contributed by atoms with E-state index in [1.165, 1.54) is 4.72 Å². The van der Waals surface area contributed by atoms with E-state index in [1.54, 1.807) is 6.92 Å². The number of hydrogen-bond donors (Lipinski definition) is 3. The number of nitrogens with two attached hydrogens (primary N) is 1. The van der Waals surface area contributed by atoms with Gasteiger partial charge >= 0.3 is 6.18 Å². The molecule has 0 heterocycles. The topological polar surface area (TPSA) is 118 Å². The van der Waals surface area contributed by atoms with Crippen molar-refractivity contribution < 1.29 is 30.0 Å². The quantitative estimate of drug-likeness (QED) is 0.573. The molecule has 7 nitrogen and oxygen atoms in total. The third-order valence-corrected chi connectivity index (χ3v) is 5.69. The van der Waals surface area contributed by atoms with E-state index in [1.807, 2.05) is 0 Å². The molecule has 1 aromatic carbocycles. The number of hydrogen-bond acceptors (Lipinski definition) is 5. The number of halogens is 4. The Labute approximate surface area is 150 Å². The minimum absolute atomic E-state index is 0. The largest absolute Gasteiger partial charge is 0.402 e. The van der Waals surface area contributed by atoms with Crippen molar-refractivity contribution in [3.8, 4) is 0 Å². The number of nitrogens with one attached hydrogen (secondary N) is 2. The monoisotopic (exact) mass is 425 g/mol. The van der Waals surface area contributed by atoms with Crippen molar-refractivity contribution in [3.05, 3.63) is 24.3 Å². The molecule has 25 heavy (non-hydrogen) atoms. The van der Waals surface area contributed by atoms with E-state index in [4.69, 9.17) is 5.73 Å². The average Bonchev–Trinajstić information content (AvgIpc) is 2.44. The first-order valence-electron chi connectivity index (χ1n) is 6.75. The second-order valence-corrected chi connectivity index (χ2v) is 8.61. The average molecular weight is 426 g/mol. The van der Waals surface area contributed by atoms with Crippen LogP contribution in [-0.2, 0) is 20.0 Å². The van der Waals surface area contributed by atoms with Crippen LogP contribution in [0.5, 0.6) is 0 Å². The summed E-state index contributed by atoms with van der Waals surface area (Å²) < 4.78 is 87.2. The number of sulfonamides is 2. The fourth-order valence-electron chi connectivity index (χ4n) is 1.56. The van der Waals surface area contributed by atoms with Crippen molar-refractivity contribution >= 4 is 32.5 Å². The Morgan fingerprint density at radius 2 is 1.40 bits per heavy atom. The van der Waals surface area contributed by atoms with Crippen LogP contribution in [0.2, 0.25) is 0 Å². The van der Waals surface area contributed by atoms with Crippen molar-refractivity contribution in [3.63, 3.8) is 0 Å². The molecular weight excluding hydrogens is 407 g/mol. The molecule has 1 aromatic rings. The fraction of sp³-hybridized carbons (Fsp3) is 0.500. The van der Waals surface area contributed by atoms with Crippen LogP contribution in [0.1, 0.15) is 13.3 Å². The van der Waals surface area contributed by atoms with Crippen LogP contribution in [0.25, 0.3) is 0 Å². The molecule has 4 N–H and O–H groups in total. The van der Waals surface area contributed by atoms with E-state index in [0.29, 0.717) is 6.42 Å². The number of alkyl halides is 3. The third-order valence-electron chi connectivity index (χ3n) is 2.80. The maximum absolute atomic E-state index is 12.1. The van der Waals surface area contributed by atoms with Gasteiger partial charge in [-0.2, -0.15) is 13.2 Å². The summed E-state index contributed by atoms with van der Waals surface area (Å²) in [4.78, 5) is -0.678. The molecule has 1 rings (SSSR count). The molecule has 0 aliphatic carbocycles. The van der Waals surface area contributed by atoms with Gasteiger partial charge in [0.25, 0.3) is 0 Å². The van der Waals surface area contributed by atoms with Gasteiger partial charge in [0.1, 0.15) is 6.54 Å². The van der Waals surface area contributed by atoms with Crippen LogP contribution < -0.4 is 15.2 Å². The maximum atomic E-state index is 12.1. The highest BCUT2D eigenvalue weighted by Gasteiger charge is 2.30. The van der Waals surface area contributed by atoms with Crippen molar-refractivity contribution in [1.29, 1.82) is 0 Å². The van der Waals surface area contributed by atoms with Gasteiger partial charge in [-0.3, -0.25) is 0 Å². The molecule has 0 amide bonds. The van der Waals surface area contributed by atoms with Gasteiger partial charge in [0, 0.05) is 12.6 Å². The van der Waals surface area contributed by atoms with Gasteiger partial charge in [0.15, 0.2) is 0 Å². The summed E-state index contributed by atoms with van der Waals surface area (Å²) in [5.74, 6) is 0. The molecule has 0 radical (unpaired) electrons. The summed E-state index contributed by atoms with van der Waals surface area (Å²) in [7, 11) is -8.24. The Balaban J connectivity index is 0.00000576. The highest BCUT2D eigenvalue weighted by atomic mass is 35.5. The van der Waals surface area contributed by atoms with Crippen LogP contribution >= 0.6 is 12.4 Å². The highest BCUT2D eigenvalue weighted by molar-refractivity contribution is 7.90. The Morgan fingerprint density at radius 1 is 1.00 bits per heavy atom. The van der Waals surface area contributed by atoms with E-state index in [9.17, 15) is 30.0 Å². The van der Waals surface area contributed by atoms with Crippen molar-refractivity contribution in [1.82, 2.24) is 9.44 Å². The number of benzene rings is 1. The SMILES string of the molecule is CC(N)CCNS(=O)(=O)c1ccc(S(=O)(=O)NCC(F)(F)F)cc1.Cl. The lowest BCUT2D eigenvalue weighted by Gasteiger charge is -2.11. The van der Waals surface area contributed by atoms with Crippen LogP contribution in [0.3, 0.4) is 0 Å². The standard InChI is InChI=1S/C12H18F3N3O4S2.ClH/c1-9(16)6-7-17-23(19,20)10-2-4-11(5-3-10)24(21,22)18-8-12(13,14)15;/h2-5,9,17-18H,6-8,16H2,1H3;1H. The molecule has 146 valence electrons. The molecule has 13 heteroatoms. The second kappa shape index (κ2) is 9.14. The molecule has 0 bridgehead atoms. The molecule has 0 saturated carbocycles. The maximum Gasteiger partial charge on any atom is 0.402 e. The lowest BCUT2D eigenvalue weighted by atomic mass is 10.3. The van der Waals surface area contributed by atoms with Crippen molar-refractivity contribution in [2.45, 2.75) is 35.4 Å². The van der Waals surface area contributed by atoms with E-state index in [0.717, 1.165) is 24.3 Å². The van der Waals surface area contributed by atoms with Gasteiger partial charge in [-0.1, -0.05) is 0 Å². The molecule has 1 atom stereocenters. The van der Waals surface area contributed by atoms with E-state index < -0.39 is 37.7 Å². The summed E-state index contributed by atoms with van der Waals surface area (Å²) in [5.41, 5.74) is 5.50. The normalized spacial score (nSPS) is 14.0. The molecule has 0 fully saturated rings. The Bertz CT molecular complexity index is 751. The van der Waals surface area contributed by atoms with Crippen molar-refractivity contribution in [2.75, 3.05) is 13.1 Å². The van der Waals surface area contributed by atoms with E-state index in [-0.39, 0.29) is 29.9 Å². The van der Waals surface area contributed by atoms with Gasteiger partial charge in [0.05, 0.1) is 9.79 Å². The lowest BCUT2D eigenvalue weighted by Crippen LogP contribution is -2.33. The molecule has 1 unspecified atom stereocenters. The molecule has 0 aliphatic heterocycles. The Hall–Kier alpha value is -0.920. The molecule has 0 aromatic heterocycles. The minimum atomic E-state index is -4.69. The summed E-state index contributed by atoms with van der Waals surface area (Å²) in [5, 5.41) is 0. The first-order chi connectivity index (χ1) is 10.8. The summed E-state index contributed by atoms with van der Waals surface area (Å²) in [6.45, 7) is 0.100. The van der Waals surface area contributed by atoms with Gasteiger partial charge in [0.2, 0.25) is 20.0 Å². The molecule has 0 saturated heterocycles. The Kier molecular flexibility index (Phi) is 8.81. The van der Waals surface area contributed by atoms with Crippen LogP contribution in [-0.4, -0.2) is 42.1 Å². The van der Waals surface area contributed by atoms with Gasteiger partial charge < -0.3 is 5.73 Å². The lowest BCUT2D eigenvalue weighted by molar-refractivity contribution is -0.121. The van der Waals surface area contributed by atoms with Crippen LogP contribution in [0.15, 0.2) is 34.1 Å². The summed E-state index contributed by atoms with van der Waals surface area (Å²) in [6, 6.07) is 3.63. The zero-order valence-corrected chi connectivity index (χ0v) is 15.5. The van der Waals surface area contributed by atoms with E-state index in [2.05, 4.69) is 4.72 Å². The zero-order valence-electron chi connectivity index (χ0n) is 13.1. The summed E-state index contributed by atoms with van der Waals surface area (Å²) >= 11 is 0. The molecule has 0 spiro atoms. The molecular formula is C12H19ClF3N3O4S2. The van der Waals surface area contributed by atoms with Crippen LogP contribution in [0, 0.1) is 0 Å². The smallest absolute Gasteiger partial charge is 0.328 e. The molecule has 0 aliphatic rings. The highest BCUT2D eigenvalue weighted by Crippen LogP contribution is 2.17. The fourth-order valence-corrected chi connectivity index (χ4v) is 3.62. The first kappa shape index (κ1) is 24.1. The zero-order chi connectivity index (χ0) is 18.6. The predicted molar refractivity (Wildman–Crippen MR) is 88.4 cm³/mol. The van der Waals surface area contributed by atoms with Gasteiger partial charge in [-0.15, -0.1) is 12.4 Å². The van der Waals surface area contributed by atoms with Gasteiger partial charge in [-0.05, 0) is 37.6 Å². The van der Waals surface area contributed by atoms with E-state index >= 15 is 0 Å². The van der Waals surface area contributed by atoms with Crippen molar-refractivity contribution in [2.24, 2.45) is 5.73 Å². The first-order valence-corrected chi connectivity index (χ1v) is 9.72. The van der Waals surface area contributed by atoms with Crippen LogP contribution in [0.4, 0.5) is 13.2 Å². The number of rotatable bonds is 8. The second-order valence-electron chi connectivity index (χ2n) is 5.07.